The van der Waals surface area contributed by atoms with Crippen LogP contribution in [0.5, 0.6) is 11.5 Å². The Labute approximate surface area is 241 Å². The number of allylic oxidation sites excluding steroid dienone is 2. The molecule has 1 aliphatic heterocycles. The second-order valence-electron chi connectivity index (χ2n) is 8.99. The normalized spacial score (nSPS) is 14.5. The van der Waals surface area contributed by atoms with Gasteiger partial charge in [0, 0.05) is 27.1 Å². The quantitative estimate of drug-likeness (QED) is 0.207. The fourth-order valence-electron chi connectivity index (χ4n) is 4.43. The van der Waals surface area contributed by atoms with Crippen molar-refractivity contribution in [3.63, 3.8) is 0 Å². The number of nitrogens with zero attached hydrogens (tertiary/aromatic N) is 3. The summed E-state index contributed by atoms with van der Waals surface area (Å²) >= 11 is 13.8. The summed E-state index contributed by atoms with van der Waals surface area (Å²) in [4.78, 5) is 17.5. The van der Waals surface area contributed by atoms with Crippen molar-refractivity contribution in [3.05, 3.63) is 105 Å². The Hall–Kier alpha value is -3.46. The molecule has 39 heavy (non-hydrogen) atoms. The number of Topliss-reactive ketones (excluding diaryl/α,β-unsaturated/α-hetero) is 1. The average Bonchev–Trinajstić information content (AvgIpc) is 3.33. The van der Waals surface area contributed by atoms with Crippen molar-refractivity contribution in [2.45, 2.75) is 37.4 Å². The van der Waals surface area contributed by atoms with Crippen molar-refractivity contribution in [3.8, 4) is 11.5 Å². The average molecular weight is 582 g/mol. The Morgan fingerprint density at radius 1 is 1.08 bits per heavy atom. The maximum Gasteiger partial charge on any atom is 0.227 e. The number of hydrogen-bond donors (Lipinski definition) is 1. The first-order chi connectivity index (χ1) is 18.8. The molecule has 200 valence electrons. The highest BCUT2D eigenvalue weighted by atomic mass is 35.5. The summed E-state index contributed by atoms with van der Waals surface area (Å²) in [6.45, 7) is 3.79. The van der Waals surface area contributed by atoms with Crippen LogP contribution in [-0.2, 0) is 17.2 Å². The van der Waals surface area contributed by atoms with Crippen molar-refractivity contribution >= 4 is 46.7 Å². The van der Waals surface area contributed by atoms with E-state index in [-0.39, 0.29) is 5.78 Å². The molecular formula is C29H26Cl2N4O3S. The highest BCUT2D eigenvalue weighted by Crippen LogP contribution is 2.40. The standard InChI is InChI=1S/C29H26Cl2N4O3S/c1-17-26(18(2)36)27(35-28(32-17)33-29(34-35)39-16-21-6-4-5-7-23(21)31)20-10-13-24(25(14-20)37-3)38-15-19-8-11-22(30)12-9-19/h4-14,27H,15-16H2,1-3H3,(H,32,33,34). The van der Waals surface area contributed by atoms with Gasteiger partial charge in [0.25, 0.3) is 0 Å². The van der Waals surface area contributed by atoms with Gasteiger partial charge in [-0.1, -0.05) is 71.4 Å². The fourth-order valence-corrected chi connectivity index (χ4v) is 5.67. The smallest absolute Gasteiger partial charge is 0.227 e. The molecule has 0 spiro atoms. The first-order valence-corrected chi connectivity index (χ1v) is 13.9. The van der Waals surface area contributed by atoms with Gasteiger partial charge in [0.15, 0.2) is 17.3 Å². The predicted octanol–water partition coefficient (Wildman–Crippen LogP) is 7.34. The number of carbonyl (C=O) groups is 1. The minimum Gasteiger partial charge on any atom is -0.493 e. The summed E-state index contributed by atoms with van der Waals surface area (Å²) in [5, 5.41) is 9.97. The number of anilines is 1. The molecule has 0 fully saturated rings. The van der Waals surface area contributed by atoms with E-state index in [0.29, 0.717) is 50.6 Å². The molecule has 5 rings (SSSR count). The molecule has 0 aliphatic carbocycles. The molecule has 1 unspecified atom stereocenters. The van der Waals surface area contributed by atoms with E-state index in [1.807, 2.05) is 73.7 Å². The number of hydrogen-bond acceptors (Lipinski definition) is 7. The summed E-state index contributed by atoms with van der Waals surface area (Å²) in [7, 11) is 1.59. The number of halogens is 2. The van der Waals surface area contributed by atoms with E-state index in [1.165, 1.54) is 11.8 Å². The molecule has 1 aromatic heterocycles. The maximum atomic E-state index is 12.8. The summed E-state index contributed by atoms with van der Waals surface area (Å²) in [5.74, 6) is 2.26. The van der Waals surface area contributed by atoms with E-state index >= 15 is 0 Å². The number of thioether (sulfide) groups is 1. The van der Waals surface area contributed by atoms with Crippen LogP contribution in [0.2, 0.25) is 10.0 Å². The molecule has 0 bridgehead atoms. The molecule has 10 heteroatoms. The van der Waals surface area contributed by atoms with Gasteiger partial charge in [0.1, 0.15) is 12.6 Å². The monoisotopic (exact) mass is 580 g/mol. The molecule has 7 nitrogen and oxygen atoms in total. The lowest BCUT2D eigenvalue weighted by Crippen LogP contribution is -2.27. The SMILES string of the molecule is COc1cc(C2C(C(C)=O)=C(C)Nc3nc(SCc4ccccc4Cl)nn32)ccc1OCc1ccc(Cl)cc1. The maximum absolute atomic E-state index is 12.8. The zero-order valence-electron chi connectivity index (χ0n) is 21.6. The highest BCUT2D eigenvalue weighted by Gasteiger charge is 2.33. The van der Waals surface area contributed by atoms with Crippen LogP contribution in [0.1, 0.15) is 36.6 Å². The number of fused-ring (bicyclic) bond motifs is 1. The predicted molar refractivity (Wildman–Crippen MR) is 155 cm³/mol. The van der Waals surface area contributed by atoms with Gasteiger partial charge in [0.05, 0.1) is 7.11 Å². The summed E-state index contributed by atoms with van der Waals surface area (Å²) in [6.07, 6.45) is 0. The van der Waals surface area contributed by atoms with Gasteiger partial charge in [0.2, 0.25) is 11.1 Å². The number of rotatable bonds is 9. The van der Waals surface area contributed by atoms with Gasteiger partial charge in [-0.25, -0.2) is 4.68 Å². The summed E-state index contributed by atoms with van der Waals surface area (Å²) in [6, 6.07) is 20.3. The fraction of sp³-hybridized carbons (Fsp3) is 0.207. The summed E-state index contributed by atoms with van der Waals surface area (Å²) in [5.41, 5.74) is 4.14. The molecule has 0 radical (unpaired) electrons. The third-order valence-electron chi connectivity index (χ3n) is 6.34. The van der Waals surface area contributed by atoms with Crippen molar-refractivity contribution in [1.29, 1.82) is 0 Å². The number of methoxy groups -OCH3 is 1. The van der Waals surface area contributed by atoms with Crippen LogP contribution in [0.25, 0.3) is 0 Å². The van der Waals surface area contributed by atoms with Crippen LogP contribution in [0.15, 0.2) is 83.2 Å². The van der Waals surface area contributed by atoms with Crippen LogP contribution in [0.3, 0.4) is 0 Å². The Balaban J connectivity index is 1.44. The lowest BCUT2D eigenvalue weighted by Gasteiger charge is -2.28. The molecule has 3 aromatic carbocycles. The third kappa shape index (κ3) is 5.93. The molecule has 1 N–H and O–H groups in total. The van der Waals surface area contributed by atoms with E-state index in [0.717, 1.165) is 22.4 Å². The molecule has 1 aliphatic rings. The van der Waals surface area contributed by atoms with Crippen LogP contribution >= 0.6 is 35.0 Å². The van der Waals surface area contributed by atoms with Crippen LogP contribution in [0, 0.1) is 0 Å². The van der Waals surface area contributed by atoms with Gasteiger partial charge in [-0.05, 0) is 60.9 Å². The largest absolute Gasteiger partial charge is 0.493 e. The van der Waals surface area contributed by atoms with Gasteiger partial charge in [-0.15, -0.1) is 5.10 Å². The zero-order chi connectivity index (χ0) is 27.5. The molecule has 2 heterocycles. The van der Waals surface area contributed by atoms with E-state index in [9.17, 15) is 4.79 Å². The van der Waals surface area contributed by atoms with Crippen molar-refractivity contribution in [2.24, 2.45) is 0 Å². The third-order valence-corrected chi connectivity index (χ3v) is 7.85. The second-order valence-corrected chi connectivity index (χ2v) is 10.8. The van der Waals surface area contributed by atoms with Gasteiger partial charge in [-0.3, -0.25) is 4.79 Å². The lowest BCUT2D eigenvalue weighted by atomic mass is 9.93. The van der Waals surface area contributed by atoms with E-state index < -0.39 is 6.04 Å². The molecule has 1 atom stereocenters. The van der Waals surface area contributed by atoms with E-state index in [4.69, 9.17) is 42.8 Å². The topological polar surface area (TPSA) is 78.3 Å². The molecule has 0 amide bonds. The Morgan fingerprint density at radius 3 is 2.56 bits per heavy atom. The number of carbonyl (C=O) groups excluding carboxylic acids is 1. The number of ketones is 1. The lowest BCUT2D eigenvalue weighted by molar-refractivity contribution is -0.114. The van der Waals surface area contributed by atoms with Gasteiger partial charge in [-0.2, -0.15) is 4.98 Å². The number of aromatic nitrogens is 3. The minimum atomic E-state index is -0.486. The van der Waals surface area contributed by atoms with Gasteiger partial charge >= 0.3 is 0 Å². The number of ether oxygens (including phenoxy) is 2. The van der Waals surface area contributed by atoms with Crippen LogP contribution in [0.4, 0.5) is 5.95 Å². The molecule has 4 aromatic rings. The number of benzene rings is 3. The van der Waals surface area contributed by atoms with Crippen molar-refractivity contribution in [2.75, 3.05) is 12.4 Å². The second kappa shape index (κ2) is 11.7. The van der Waals surface area contributed by atoms with Crippen LogP contribution in [-0.4, -0.2) is 27.7 Å². The zero-order valence-corrected chi connectivity index (χ0v) is 23.9. The van der Waals surface area contributed by atoms with E-state index in [2.05, 4.69) is 5.32 Å². The number of nitrogens with one attached hydrogen (secondary N) is 1. The first kappa shape index (κ1) is 27.1. The Morgan fingerprint density at radius 2 is 1.85 bits per heavy atom. The Kier molecular flexibility index (Phi) is 8.16. The molecule has 0 saturated heterocycles. The van der Waals surface area contributed by atoms with Crippen molar-refractivity contribution < 1.29 is 14.3 Å². The van der Waals surface area contributed by atoms with Crippen molar-refractivity contribution in [1.82, 2.24) is 14.8 Å². The van der Waals surface area contributed by atoms with Crippen LogP contribution < -0.4 is 14.8 Å². The Bertz CT molecular complexity index is 1550. The first-order valence-electron chi connectivity index (χ1n) is 12.2. The molecule has 0 saturated carbocycles. The molecular weight excluding hydrogens is 555 g/mol. The minimum absolute atomic E-state index is 0.0570. The van der Waals surface area contributed by atoms with Gasteiger partial charge < -0.3 is 14.8 Å². The van der Waals surface area contributed by atoms with E-state index in [1.54, 1.807) is 18.7 Å². The highest BCUT2D eigenvalue weighted by molar-refractivity contribution is 7.98. The summed E-state index contributed by atoms with van der Waals surface area (Å²) < 4.78 is 13.5.